The van der Waals surface area contributed by atoms with Crippen LogP contribution in [-0.2, 0) is 0 Å². The number of benzene rings is 2. The van der Waals surface area contributed by atoms with Gasteiger partial charge < -0.3 is 10.5 Å². The molecule has 2 rings (SSSR count). The maximum Gasteiger partial charge on any atom is 0.255 e. The summed E-state index contributed by atoms with van der Waals surface area (Å²) in [6.45, 7) is 1.65. The molecular formula is C15H13FN2O2. The number of hydrogen-bond acceptors (Lipinski definition) is 3. The highest BCUT2D eigenvalue weighted by atomic mass is 19.1. The molecule has 4 nitrogen and oxygen atoms in total. The number of anilines is 1. The van der Waals surface area contributed by atoms with Gasteiger partial charge in [-0.2, -0.15) is 0 Å². The zero-order valence-corrected chi connectivity index (χ0v) is 10.8. The van der Waals surface area contributed by atoms with Gasteiger partial charge in [0.25, 0.3) is 5.91 Å². The molecule has 0 spiro atoms. The monoisotopic (exact) mass is 272 g/mol. The highest BCUT2D eigenvalue weighted by Gasteiger charge is 2.07. The van der Waals surface area contributed by atoms with Gasteiger partial charge in [-0.15, -0.1) is 0 Å². The van der Waals surface area contributed by atoms with Crippen molar-refractivity contribution in [3.63, 3.8) is 0 Å². The zero-order chi connectivity index (χ0) is 14.5. The van der Waals surface area contributed by atoms with Crippen molar-refractivity contribution in [1.29, 1.82) is 0 Å². The molecule has 2 N–H and O–H groups in total. The largest absolute Gasteiger partial charge is 0.411 e. The molecular weight excluding hydrogens is 259 g/mol. The SMILES string of the molecule is CC(=NO)c1cccc(NC(=O)c2ccc(F)cc2)c1. The number of nitrogens with zero attached hydrogens (tertiary/aromatic N) is 1. The summed E-state index contributed by atoms with van der Waals surface area (Å²) in [5, 5.41) is 14.5. The summed E-state index contributed by atoms with van der Waals surface area (Å²) < 4.78 is 12.8. The molecule has 0 aliphatic carbocycles. The first-order valence-corrected chi connectivity index (χ1v) is 5.96. The van der Waals surface area contributed by atoms with Crippen molar-refractivity contribution < 1.29 is 14.4 Å². The van der Waals surface area contributed by atoms with Crippen LogP contribution in [0.2, 0.25) is 0 Å². The quantitative estimate of drug-likeness (QED) is 0.511. The fourth-order valence-electron chi connectivity index (χ4n) is 1.68. The van der Waals surface area contributed by atoms with Gasteiger partial charge in [-0.25, -0.2) is 4.39 Å². The third kappa shape index (κ3) is 3.20. The summed E-state index contributed by atoms with van der Waals surface area (Å²) >= 11 is 0. The molecule has 0 aliphatic rings. The Kier molecular flexibility index (Phi) is 4.10. The van der Waals surface area contributed by atoms with E-state index in [-0.39, 0.29) is 5.91 Å². The van der Waals surface area contributed by atoms with Crippen LogP contribution in [0.3, 0.4) is 0 Å². The van der Waals surface area contributed by atoms with Crippen LogP contribution in [0.1, 0.15) is 22.8 Å². The van der Waals surface area contributed by atoms with Crippen molar-refractivity contribution in [2.75, 3.05) is 5.32 Å². The van der Waals surface area contributed by atoms with Gasteiger partial charge in [-0.3, -0.25) is 4.79 Å². The molecule has 0 fully saturated rings. The fourth-order valence-corrected chi connectivity index (χ4v) is 1.68. The first kappa shape index (κ1) is 13.7. The number of hydrogen-bond donors (Lipinski definition) is 2. The standard InChI is InChI=1S/C15H13FN2O2/c1-10(18-20)12-3-2-4-14(9-12)17-15(19)11-5-7-13(16)8-6-11/h2-9,20H,1H3,(H,17,19). The van der Waals surface area contributed by atoms with Gasteiger partial charge in [0.1, 0.15) is 5.82 Å². The molecule has 0 aliphatic heterocycles. The van der Waals surface area contributed by atoms with Gasteiger partial charge in [0.15, 0.2) is 0 Å². The maximum atomic E-state index is 12.8. The Morgan fingerprint density at radius 1 is 1.15 bits per heavy atom. The van der Waals surface area contributed by atoms with E-state index in [1.807, 2.05) is 0 Å². The second-order valence-corrected chi connectivity index (χ2v) is 4.23. The van der Waals surface area contributed by atoms with Gasteiger partial charge >= 0.3 is 0 Å². The summed E-state index contributed by atoms with van der Waals surface area (Å²) in [6, 6.07) is 12.2. The molecule has 0 heterocycles. The molecule has 5 heteroatoms. The van der Waals surface area contributed by atoms with E-state index in [0.29, 0.717) is 22.5 Å². The smallest absolute Gasteiger partial charge is 0.255 e. The highest BCUT2D eigenvalue weighted by molar-refractivity contribution is 6.05. The first-order valence-electron chi connectivity index (χ1n) is 5.96. The zero-order valence-electron chi connectivity index (χ0n) is 10.8. The van der Waals surface area contributed by atoms with Crippen LogP contribution in [0.4, 0.5) is 10.1 Å². The molecule has 0 saturated heterocycles. The third-order valence-corrected chi connectivity index (χ3v) is 2.79. The van der Waals surface area contributed by atoms with Crippen molar-refractivity contribution in [2.24, 2.45) is 5.16 Å². The van der Waals surface area contributed by atoms with E-state index < -0.39 is 5.82 Å². The number of amides is 1. The van der Waals surface area contributed by atoms with E-state index in [9.17, 15) is 9.18 Å². The number of carbonyl (C=O) groups is 1. The Morgan fingerprint density at radius 3 is 2.50 bits per heavy atom. The Balaban J connectivity index is 2.17. The lowest BCUT2D eigenvalue weighted by atomic mass is 10.1. The minimum Gasteiger partial charge on any atom is -0.411 e. The number of carbonyl (C=O) groups excluding carboxylic acids is 1. The molecule has 102 valence electrons. The van der Waals surface area contributed by atoms with E-state index in [1.165, 1.54) is 24.3 Å². The molecule has 0 aromatic heterocycles. The topological polar surface area (TPSA) is 61.7 Å². The highest BCUT2D eigenvalue weighted by Crippen LogP contribution is 2.13. The maximum absolute atomic E-state index is 12.8. The predicted molar refractivity (Wildman–Crippen MR) is 74.8 cm³/mol. The average molecular weight is 272 g/mol. The summed E-state index contributed by atoms with van der Waals surface area (Å²) in [7, 11) is 0. The Hall–Kier alpha value is -2.69. The lowest BCUT2D eigenvalue weighted by Crippen LogP contribution is -2.12. The second kappa shape index (κ2) is 5.97. The van der Waals surface area contributed by atoms with Crippen molar-refractivity contribution in [2.45, 2.75) is 6.92 Å². The lowest BCUT2D eigenvalue weighted by Gasteiger charge is -2.07. The van der Waals surface area contributed by atoms with Crippen LogP contribution in [0.25, 0.3) is 0 Å². The molecule has 0 radical (unpaired) electrons. The predicted octanol–water partition coefficient (Wildman–Crippen LogP) is 3.28. The number of rotatable bonds is 3. The first-order chi connectivity index (χ1) is 9.60. The summed E-state index contributed by atoms with van der Waals surface area (Å²) in [5.74, 6) is -0.723. The minimum absolute atomic E-state index is 0.333. The van der Waals surface area contributed by atoms with Crippen LogP contribution in [0.5, 0.6) is 0 Å². The summed E-state index contributed by atoms with van der Waals surface area (Å²) in [5.41, 5.74) is 2.08. The molecule has 0 atom stereocenters. The lowest BCUT2D eigenvalue weighted by molar-refractivity contribution is 0.102. The minimum atomic E-state index is -0.390. The summed E-state index contributed by atoms with van der Waals surface area (Å²) in [6.07, 6.45) is 0. The van der Waals surface area contributed by atoms with Crippen LogP contribution >= 0.6 is 0 Å². The molecule has 0 saturated carbocycles. The van der Waals surface area contributed by atoms with E-state index in [1.54, 1.807) is 31.2 Å². The van der Waals surface area contributed by atoms with Gasteiger partial charge in [-0.05, 0) is 43.3 Å². The van der Waals surface area contributed by atoms with Crippen molar-refractivity contribution in [3.05, 3.63) is 65.5 Å². The van der Waals surface area contributed by atoms with E-state index >= 15 is 0 Å². The second-order valence-electron chi connectivity index (χ2n) is 4.23. The third-order valence-electron chi connectivity index (χ3n) is 2.79. The van der Waals surface area contributed by atoms with Gasteiger partial charge in [0.2, 0.25) is 0 Å². The molecule has 2 aromatic rings. The average Bonchev–Trinajstić information content (AvgIpc) is 2.47. The number of halogens is 1. The van der Waals surface area contributed by atoms with E-state index in [0.717, 1.165) is 0 Å². The number of oxime groups is 1. The van der Waals surface area contributed by atoms with Crippen LogP contribution in [0.15, 0.2) is 53.7 Å². The van der Waals surface area contributed by atoms with Crippen LogP contribution < -0.4 is 5.32 Å². The van der Waals surface area contributed by atoms with E-state index in [4.69, 9.17) is 5.21 Å². The van der Waals surface area contributed by atoms with Crippen molar-refractivity contribution >= 4 is 17.3 Å². The number of nitrogens with one attached hydrogen (secondary N) is 1. The van der Waals surface area contributed by atoms with Gasteiger partial charge in [-0.1, -0.05) is 17.3 Å². The van der Waals surface area contributed by atoms with E-state index in [2.05, 4.69) is 10.5 Å². The van der Waals surface area contributed by atoms with Crippen molar-refractivity contribution in [3.8, 4) is 0 Å². The molecule has 1 amide bonds. The fraction of sp³-hybridized carbons (Fsp3) is 0.0667. The van der Waals surface area contributed by atoms with Gasteiger partial charge in [0, 0.05) is 16.8 Å². The Morgan fingerprint density at radius 2 is 1.85 bits per heavy atom. The Labute approximate surface area is 115 Å². The van der Waals surface area contributed by atoms with Crippen molar-refractivity contribution in [1.82, 2.24) is 0 Å². The summed E-state index contributed by atoms with van der Waals surface area (Å²) in [4.78, 5) is 12.0. The molecule has 0 unspecified atom stereocenters. The van der Waals surface area contributed by atoms with Crippen LogP contribution in [-0.4, -0.2) is 16.8 Å². The Bertz CT molecular complexity index is 651. The van der Waals surface area contributed by atoms with Gasteiger partial charge in [0.05, 0.1) is 5.71 Å². The molecule has 2 aromatic carbocycles. The normalized spacial score (nSPS) is 11.2. The molecule has 20 heavy (non-hydrogen) atoms. The van der Waals surface area contributed by atoms with Crippen LogP contribution in [0, 0.1) is 5.82 Å². The molecule has 0 bridgehead atoms.